The van der Waals surface area contributed by atoms with Gasteiger partial charge in [0.1, 0.15) is 0 Å². The summed E-state index contributed by atoms with van der Waals surface area (Å²) in [5.74, 6) is 0.445. The van der Waals surface area contributed by atoms with E-state index in [2.05, 4.69) is 15.3 Å². The zero-order valence-corrected chi connectivity index (χ0v) is 9.55. The van der Waals surface area contributed by atoms with Gasteiger partial charge < -0.3 is 16.0 Å². The maximum absolute atomic E-state index is 11.3. The van der Waals surface area contributed by atoms with Crippen LogP contribution in [-0.2, 0) is 16.1 Å². The highest BCUT2D eigenvalue weighted by Crippen LogP contribution is 2.01. The number of aromatic amines is 1. The van der Waals surface area contributed by atoms with Gasteiger partial charge in [-0.15, -0.1) is 0 Å². The van der Waals surface area contributed by atoms with Crippen molar-refractivity contribution in [3.05, 3.63) is 18.2 Å². The molecule has 1 aromatic rings. The number of nitrogens with two attached hydrogens (primary N) is 1. The number of primary amides is 1. The van der Waals surface area contributed by atoms with E-state index >= 15 is 0 Å². The van der Waals surface area contributed by atoms with Crippen molar-refractivity contribution in [3.63, 3.8) is 0 Å². The standard InChI is InChI=1S/C9H14N4O2S/c10-8(14)5-16-2-1-9(15)12-4-7-3-11-6-13-7/h3,6H,1-2,4-5H2,(H2,10,14)(H,11,13)(H,12,15). The van der Waals surface area contributed by atoms with Crippen LogP contribution in [0.2, 0.25) is 0 Å². The Labute approximate surface area is 97.4 Å². The molecule has 0 aromatic carbocycles. The van der Waals surface area contributed by atoms with Crippen LogP contribution in [0.1, 0.15) is 12.1 Å². The number of rotatable bonds is 7. The average molecular weight is 242 g/mol. The summed E-state index contributed by atoms with van der Waals surface area (Å²) in [6.07, 6.45) is 3.60. The lowest BCUT2D eigenvalue weighted by Gasteiger charge is -2.02. The van der Waals surface area contributed by atoms with E-state index < -0.39 is 0 Å². The molecule has 0 aliphatic carbocycles. The molecule has 16 heavy (non-hydrogen) atoms. The van der Waals surface area contributed by atoms with Gasteiger partial charge in [0.25, 0.3) is 0 Å². The molecule has 0 spiro atoms. The Bertz CT molecular complexity index is 339. The van der Waals surface area contributed by atoms with Crippen LogP contribution >= 0.6 is 11.8 Å². The lowest BCUT2D eigenvalue weighted by molar-refractivity contribution is -0.121. The Kier molecular flexibility index (Phi) is 5.41. The molecule has 0 radical (unpaired) electrons. The van der Waals surface area contributed by atoms with Gasteiger partial charge in [0, 0.05) is 18.4 Å². The predicted molar refractivity (Wildman–Crippen MR) is 61.6 cm³/mol. The molecule has 0 aliphatic heterocycles. The van der Waals surface area contributed by atoms with Gasteiger partial charge in [0.15, 0.2) is 0 Å². The highest BCUT2D eigenvalue weighted by atomic mass is 32.2. The molecule has 2 amide bonds. The summed E-state index contributed by atoms with van der Waals surface area (Å²) in [5.41, 5.74) is 5.82. The van der Waals surface area contributed by atoms with Gasteiger partial charge in [0.2, 0.25) is 11.8 Å². The van der Waals surface area contributed by atoms with Gasteiger partial charge in [-0.1, -0.05) is 0 Å². The molecule has 1 heterocycles. The Hall–Kier alpha value is -1.50. The fourth-order valence-corrected chi connectivity index (χ4v) is 1.68. The minimum absolute atomic E-state index is 0.0495. The molecule has 0 saturated heterocycles. The van der Waals surface area contributed by atoms with E-state index in [-0.39, 0.29) is 17.6 Å². The molecule has 0 bridgehead atoms. The minimum Gasteiger partial charge on any atom is -0.369 e. The molecule has 7 heteroatoms. The molecular weight excluding hydrogens is 228 g/mol. The van der Waals surface area contributed by atoms with Crippen molar-refractivity contribution in [3.8, 4) is 0 Å². The Balaban J connectivity index is 2.05. The van der Waals surface area contributed by atoms with Crippen LogP contribution in [0.25, 0.3) is 0 Å². The minimum atomic E-state index is -0.358. The summed E-state index contributed by atoms with van der Waals surface area (Å²) in [6, 6.07) is 0. The molecule has 0 fully saturated rings. The van der Waals surface area contributed by atoms with Gasteiger partial charge in [-0.25, -0.2) is 4.98 Å². The molecule has 0 atom stereocenters. The van der Waals surface area contributed by atoms with Gasteiger partial charge in [0.05, 0.1) is 24.3 Å². The molecular formula is C9H14N4O2S. The fourth-order valence-electron chi connectivity index (χ4n) is 1.00. The third kappa shape index (κ3) is 5.40. The zero-order chi connectivity index (χ0) is 11.8. The van der Waals surface area contributed by atoms with E-state index in [1.165, 1.54) is 11.8 Å². The number of H-pyrrole nitrogens is 1. The third-order valence-electron chi connectivity index (χ3n) is 1.75. The summed E-state index contributed by atoms with van der Waals surface area (Å²) in [6.45, 7) is 0.444. The number of aromatic nitrogens is 2. The maximum atomic E-state index is 11.3. The SMILES string of the molecule is NC(=O)CSCCC(=O)NCc1cnc[nH]1. The molecule has 6 nitrogen and oxygen atoms in total. The van der Waals surface area contributed by atoms with Crippen LogP contribution in [-0.4, -0.2) is 33.3 Å². The lowest BCUT2D eigenvalue weighted by Crippen LogP contribution is -2.23. The van der Waals surface area contributed by atoms with Crippen LogP contribution < -0.4 is 11.1 Å². The fraction of sp³-hybridized carbons (Fsp3) is 0.444. The molecule has 1 aromatic heterocycles. The number of nitrogens with one attached hydrogen (secondary N) is 2. The second kappa shape index (κ2) is 6.89. The molecule has 4 N–H and O–H groups in total. The van der Waals surface area contributed by atoms with E-state index in [4.69, 9.17) is 5.73 Å². The van der Waals surface area contributed by atoms with Crippen LogP contribution in [0.5, 0.6) is 0 Å². The molecule has 0 unspecified atom stereocenters. The van der Waals surface area contributed by atoms with E-state index in [1.807, 2.05) is 0 Å². The first-order valence-corrected chi connectivity index (χ1v) is 5.94. The number of nitrogens with zero attached hydrogens (tertiary/aromatic N) is 1. The Morgan fingerprint density at radius 3 is 3.00 bits per heavy atom. The van der Waals surface area contributed by atoms with Crippen LogP contribution in [0.3, 0.4) is 0 Å². The smallest absolute Gasteiger partial charge is 0.227 e. The van der Waals surface area contributed by atoms with Crippen LogP contribution in [0.4, 0.5) is 0 Å². The average Bonchev–Trinajstić information content (AvgIpc) is 2.74. The van der Waals surface area contributed by atoms with E-state index in [0.717, 1.165) is 5.69 Å². The summed E-state index contributed by atoms with van der Waals surface area (Å²) in [5, 5.41) is 2.73. The summed E-state index contributed by atoms with van der Waals surface area (Å²) in [4.78, 5) is 28.4. The predicted octanol–water partition coefficient (Wildman–Crippen LogP) is -0.365. The first-order chi connectivity index (χ1) is 7.68. The van der Waals surface area contributed by atoms with Crippen molar-refractivity contribution < 1.29 is 9.59 Å². The maximum Gasteiger partial charge on any atom is 0.227 e. The molecule has 88 valence electrons. The molecule has 0 aliphatic rings. The van der Waals surface area contributed by atoms with E-state index in [0.29, 0.717) is 18.7 Å². The van der Waals surface area contributed by atoms with E-state index in [9.17, 15) is 9.59 Å². The first-order valence-electron chi connectivity index (χ1n) is 4.78. The molecule has 0 saturated carbocycles. The number of thioether (sulfide) groups is 1. The second-order valence-electron chi connectivity index (χ2n) is 3.12. The van der Waals surface area contributed by atoms with Crippen molar-refractivity contribution in [1.82, 2.24) is 15.3 Å². The van der Waals surface area contributed by atoms with Crippen molar-refractivity contribution >= 4 is 23.6 Å². The van der Waals surface area contributed by atoms with E-state index in [1.54, 1.807) is 12.5 Å². The summed E-state index contributed by atoms with van der Waals surface area (Å²) >= 11 is 1.36. The second-order valence-corrected chi connectivity index (χ2v) is 4.23. The van der Waals surface area contributed by atoms with Crippen molar-refractivity contribution in [2.45, 2.75) is 13.0 Å². The third-order valence-corrected chi connectivity index (χ3v) is 2.73. The van der Waals surface area contributed by atoms with Gasteiger partial charge in [-0.05, 0) is 0 Å². The number of amides is 2. The number of carbonyl (C=O) groups excluding carboxylic acids is 2. The highest BCUT2D eigenvalue weighted by Gasteiger charge is 2.02. The van der Waals surface area contributed by atoms with Gasteiger partial charge >= 0.3 is 0 Å². The number of hydrogen-bond acceptors (Lipinski definition) is 4. The lowest BCUT2D eigenvalue weighted by atomic mass is 10.4. The Morgan fingerprint density at radius 2 is 2.38 bits per heavy atom. The topological polar surface area (TPSA) is 101 Å². The number of hydrogen-bond donors (Lipinski definition) is 3. The number of imidazole rings is 1. The summed E-state index contributed by atoms with van der Waals surface area (Å²) in [7, 11) is 0. The summed E-state index contributed by atoms with van der Waals surface area (Å²) < 4.78 is 0. The monoisotopic (exact) mass is 242 g/mol. The van der Waals surface area contributed by atoms with Crippen molar-refractivity contribution in [2.75, 3.05) is 11.5 Å². The van der Waals surface area contributed by atoms with Gasteiger partial charge in [-0.2, -0.15) is 11.8 Å². The van der Waals surface area contributed by atoms with Crippen LogP contribution in [0.15, 0.2) is 12.5 Å². The zero-order valence-electron chi connectivity index (χ0n) is 8.73. The Morgan fingerprint density at radius 1 is 1.56 bits per heavy atom. The van der Waals surface area contributed by atoms with Crippen LogP contribution in [0, 0.1) is 0 Å². The number of carbonyl (C=O) groups is 2. The molecule has 1 rings (SSSR count). The van der Waals surface area contributed by atoms with Crippen molar-refractivity contribution in [1.29, 1.82) is 0 Å². The van der Waals surface area contributed by atoms with Gasteiger partial charge in [-0.3, -0.25) is 9.59 Å². The first kappa shape index (κ1) is 12.6. The highest BCUT2D eigenvalue weighted by molar-refractivity contribution is 7.99. The quantitative estimate of drug-likeness (QED) is 0.568. The van der Waals surface area contributed by atoms with Crippen molar-refractivity contribution in [2.24, 2.45) is 5.73 Å². The largest absolute Gasteiger partial charge is 0.369 e. The normalized spacial score (nSPS) is 10.0.